The van der Waals surface area contributed by atoms with Crippen molar-refractivity contribution in [2.24, 2.45) is 0 Å². The molecule has 0 unspecified atom stereocenters. The van der Waals surface area contributed by atoms with E-state index in [0.29, 0.717) is 26.2 Å². The first-order chi connectivity index (χ1) is 15.2. The molecule has 31 heavy (non-hydrogen) atoms. The molecular formula is C26H51NO4. The fourth-order valence-electron chi connectivity index (χ4n) is 3.50. The van der Waals surface area contributed by atoms with Gasteiger partial charge in [-0.1, -0.05) is 104 Å². The number of esters is 1. The largest absolute Gasteiger partial charge is 0.466 e. The highest BCUT2D eigenvalue weighted by Crippen LogP contribution is 2.12. The van der Waals surface area contributed by atoms with Crippen molar-refractivity contribution < 1.29 is 19.1 Å². The number of ether oxygens (including phenoxy) is 2. The highest BCUT2D eigenvalue weighted by Gasteiger charge is 2.04. The van der Waals surface area contributed by atoms with Crippen LogP contribution in [0.2, 0.25) is 0 Å². The van der Waals surface area contributed by atoms with Crippen molar-refractivity contribution in [3.8, 4) is 0 Å². The van der Waals surface area contributed by atoms with E-state index in [9.17, 15) is 9.59 Å². The van der Waals surface area contributed by atoms with Crippen molar-refractivity contribution in [2.75, 3.05) is 19.8 Å². The van der Waals surface area contributed by atoms with Gasteiger partial charge in [0, 0.05) is 13.0 Å². The lowest BCUT2D eigenvalue weighted by molar-refractivity contribution is -0.143. The van der Waals surface area contributed by atoms with Gasteiger partial charge >= 0.3 is 12.1 Å². The van der Waals surface area contributed by atoms with Crippen molar-refractivity contribution in [3.63, 3.8) is 0 Å². The molecule has 5 heteroatoms. The molecule has 0 rings (SSSR count). The summed E-state index contributed by atoms with van der Waals surface area (Å²) in [4.78, 5) is 23.1. The van der Waals surface area contributed by atoms with Gasteiger partial charge < -0.3 is 14.8 Å². The molecule has 1 N–H and O–H groups in total. The molecule has 1 amide bonds. The van der Waals surface area contributed by atoms with Crippen molar-refractivity contribution in [1.82, 2.24) is 5.32 Å². The Hall–Kier alpha value is -1.26. The number of rotatable bonds is 23. The van der Waals surface area contributed by atoms with Crippen molar-refractivity contribution in [3.05, 3.63) is 0 Å². The molecule has 0 spiro atoms. The van der Waals surface area contributed by atoms with Crippen LogP contribution in [0.5, 0.6) is 0 Å². The molecule has 0 saturated heterocycles. The molecule has 0 aliphatic rings. The Balaban J connectivity index is 3.22. The van der Waals surface area contributed by atoms with Gasteiger partial charge in [-0.05, 0) is 25.7 Å². The van der Waals surface area contributed by atoms with Crippen LogP contribution in [0.3, 0.4) is 0 Å². The van der Waals surface area contributed by atoms with Gasteiger partial charge in [-0.3, -0.25) is 4.79 Å². The lowest BCUT2D eigenvalue weighted by Gasteiger charge is -2.07. The van der Waals surface area contributed by atoms with Gasteiger partial charge in [0.25, 0.3) is 0 Å². The number of carbonyl (C=O) groups is 2. The third-order valence-electron chi connectivity index (χ3n) is 5.57. The average Bonchev–Trinajstić information content (AvgIpc) is 2.76. The van der Waals surface area contributed by atoms with Crippen LogP contribution >= 0.6 is 0 Å². The van der Waals surface area contributed by atoms with Crippen LogP contribution < -0.4 is 5.32 Å². The molecule has 184 valence electrons. The number of hydrogen-bond acceptors (Lipinski definition) is 4. The zero-order valence-electron chi connectivity index (χ0n) is 20.7. The summed E-state index contributed by atoms with van der Waals surface area (Å²) in [5.41, 5.74) is 0. The summed E-state index contributed by atoms with van der Waals surface area (Å²) in [6, 6.07) is 0. The zero-order valence-corrected chi connectivity index (χ0v) is 20.7. The topological polar surface area (TPSA) is 64.6 Å². The maximum absolute atomic E-state index is 11.7. The molecule has 0 fully saturated rings. The monoisotopic (exact) mass is 441 g/mol. The molecule has 0 saturated carbocycles. The fourth-order valence-corrected chi connectivity index (χ4v) is 3.50. The molecule has 0 atom stereocenters. The predicted molar refractivity (Wildman–Crippen MR) is 129 cm³/mol. The quantitative estimate of drug-likeness (QED) is 0.130. The number of amides is 1. The predicted octanol–water partition coefficient (Wildman–Crippen LogP) is 7.71. The van der Waals surface area contributed by atoms with Crippen LogP contribution in [0, 0.1) is 0 Å². The first-order valence-electron chi connectivity index (χ1n) is 13.3. The molecular weight excluding hydrogens is 390 g/mol. The van der Waals surface area contributed by atoms with E-state index < -0.39 is 0 Å². The van der Waals surface area contributed by atoms with E-state index in [1.807, 2.05) is 0 Å². The molecule has 0 radical (unpaired) electrons. The zero-order chi connectivity index (χ0) is 22.8. The van der Waals surface area contributed by atoms with Crippen molar-refractivity contribution in [1.29, 1.82) is 0 Å². The first-order valence-corrected chi connectivity index (χ1v) is 13.3. The maximum Gasteiger partial charge on any atom is 0.407 e. The smallest absolute Gasteiger partial charge is 0.407 e. The molecule has 0 aromatic carbocycles. The second-order valence-electron chi connectivity index (χ2n) is 8.69. The summed E-state index contributed by atoms with van der Waals surface area (Å²) < 4.78 is 10.3. The minimum atomic E-state index is -0.342. The van der Waals surface area contributed by atoms with E-state index >= 15 is 0 Å². The van der Waals surface area contributed by atoms with Gasteiger partial charge in [-0.15, -0.1) is 0 Å². The van der Waals surface area contributed by atoms with Gasteiger partial charge in [0.1, 0.15) is 0 Å². The van der Waals surface area contributed by atoms with E-state index in [2.05, 4.69) is 19.2 Å². The summed E-state index contributed by atoms with van der Waals surface area (Å²) in [6.45, 7) is 5.96. The molecule has 0 aromatic rings. The van der Waals surface area contributed by atoms with E-state index in [4.69, 9.17) is 9.47 Å². The van der Waals surface area contributed by atoms with Gasteiger partial charge in [0.2, 0.25) is 0 Å². The van der Waals surface area contributed by atoms with Crippen LogP contribution in [0.1, 0.15) is 136 Å². The molecule has 5 nitrogen and oxygen atoms in total. The Morgan fingerprint density at radius 1 is 0.548 bits per heavy atom. The number of hydrogen-bond donors (Lipinski definition) is 1. The van der Waals surface area contributed by atoms with E-state index in [1.165, 1.54) is 70.6 Å². The second-order valence-corrected chi connectivity index (χ2v) is 8.69. The molecule has 0 aliphatic heterocycles. The van der Waals surface area contributed by atoms with Gasteiger partial charge in [0.15, 0.2) is 0 Å². The summed E-state index contributed by atoms with van der Waals surface area (Å²) in [5, 5.41) is 2.73. The minimum absolute atomic E-state index is 0.0918. The lowest BCUT2D eigenvalue weighted by Crippen LogP contribution is -2.25. The SMILES string of the molecule is CCCCCCCCCCCCCCCOC(=O)CCCCCNC(=O)OCCCC. The summed E-state index contributed by atoms with van der Waals surface area (Å²) in [7, 11) is 0. The van der Waals surface area contributed by atoms with Crippen LogP contribution in [0.15, 0.2) is 0 Å². The van der Waals surface area contributed by atoms with E-state index in [0.717, 1.165) is 44.9 Å². The van der Waals surface area contributed by atoms with Crippen molar-refractivity contribution in [2.45, 2.75) is 136 Å². The number of unbranched alkanes of at least 4 members (excludes halogenated alkanes) is 15. The van der Waals surface area contributed by atoms with Gasteiger partial charge in [0.05, 0.1) is 13.2 Å². The normalized spacial score (nSPS) is 10.8. The minimum Gasteiger partial charge on any atom is -0.466 e. The highest BCUT2D eigenvalue weighted by atomic mass is 16.5. The third kappa shape index (κ3) is 24.9. The van der Waals surface area contributed by atoms with Crippen LogP contribution in [0.25, 0.3) is 0 Å². The number of alkyl carbamates (subject to hydrolysis) is 1. The van der Waals surface area contributed by atoms with Crippen LogP contribution in [-0.4, -0.2) is 31.8 Å². The Labute approximate surface area is 192 Å². The Morgan fingerprint density at radius 3 is 1.61 bits per heavy atom. The van der Waals surface area contributed by atoms with E-state index in [-0.39, 0.29) is 12.1 Å². The molecule has 0 bridgehead atoms. The molecule has 0 aliphatic carbocycles. The van der Waals surface area contributed by atoms with E-state index in [1.54, 1.807) is 0 Å². The Bertz CT molecular complexity index is 401. The first kappa shape index (κ1) is 29.7. The van der Waals surface area contributed by atoms with Crippen LogP contribution in [0.4, 0.5) is 4.79 Å². The molecule has 0 aromatic heterocycles. The highest BCUT2D eigenvalue weighted by molar-refractivity contribution is 5.69. The van der Waals surface area contributed by atoms with Crippen molar-refractivity contribution >= 4 is 12.1 Å². The Kier molecular flexibility index (Phi) is 24.0. The van der Waals surface area contributed by atoms with Gasteiger partial charge in [-0.25, -0.2) is 4.79 Å². The molecule has 0 heterocycles. The average molecular weight is 442 g/mol. The van der Waals surface area contributed by atoms with Gasteiger partial charge in [-0.2, -0.15) is 0 Å². The number of carbonyl (C=O) groups excluding carboxylic acids is 2. The summed E-state index contributed by atoms with van der Waals surface area (Å²) in [5.74, 6) is -0.0918. The maximum atomic E-state index is 11.7. The Morgan fingerprint density at radius 2 is 1.03 bits per heavy atom. The standard InChI is InChI=1S/C26H51NO4/c1-3-5-7-8-9-10-11-12-13-14-15-16-20-24-30-25(28)21-18-17-19-22-27-26(29)31-23-6-4-2/h3-24H2,1-2H3,(H,27,29). The third-order valence-corrected chi connectivity index (χ3v) is 5.57. The fraction of sp³-hybridized carbons (Fsp3) is 0.923. The summed E-state index contributed by atoms with van der Waals surface area (Å²) >= 11 is 0. The van der Waals surface area contributed by atoms with Crippen LogP contribution in [-0.2, 0) is 14.3 Å². The lowest BCUT2D eigenvalue weighted by atomic mass is 10.0. The second kappa shape index (κ2) is 25.0. The number of nitrogens with one attached hydrogen (secondary N) is 1. The summed E-state index contributed by atoms with van der Waals surface area (Å²) in [6.07, 6.45) is 21.8.